The Kier molecular flexibility index (Phi) is 12.8. The summed E-state index contributed by atoms with van der Waals surface area (Å²) in [5.74, 6) is 1.90. The molecule has 1 fully saturated rings. The third-order valence-corrected chi connectivity index (χ3v) is 13.2. The topological polar surface area (TPSA) is 38.9 Å². The number of para-hydroxylation sites is 1. The van der Waals surface area contributed by atoms with Crippen LogP contribution in [-0.4, -0.2) is 18.0 Å². The molecule has 5 heteroatoms. The van der Waals surface area contributed by atoms with E-state index in [1.54, 1.807) is 10.8 Å². The predicted octanol–water partition coefficient (Wildman–Crippen LogP) is 13.1. The van der Waals surface area contributed by atoms with Gasteiger partial charge in [-0.05, 0) is 52.4 Å². The molecule has 7 aromatic rings. The molecular formula is C49H52IrN2OSi-2. The number of pyridine rings is 2. The van der Waals surface area contributed by atoms with Crippen LogP contribution in [0.2, 0.25) is 19.6 Å². The molecule has 1 atom stereocenters. The number of hydrogen-bond acceptors (Lipinski definition) is 3. The van der Waals surface area contributed by atoms with Gasteiger partial charge in [-0.15, -0.1) is 54.1 Å². The van der Waals surface area contributed by atoms with E-state index in [9.17, 15) is 0 Å². The number of rotatable bonds is 8. The average molecular weight is 905 g/mol. The summed E-state index contributed by atoms with van der Waals surface area (Å²) in [6, 6.07) is 42.3. The fraction of sp³-hybridized carbons (Fsp3) is 0.306. The molecule has 1 radical (unpaired) electrons. The molecule has 4 aromatic carbocycles. The van der Waals surface area contributed by atoms with Crippen LogP contribution in [0.3, 0.4) is 0 Å². The van der Waals surface area contributed by atoms with Gasteiger partial charge in [-0.2, -0.15) is 0 Å². The SMILES string of the molecule is CC(C)C(C)c1ccnc(-c2[c-]ccc3c2oc2c(-c4ccccc4)cccc23)c1.C[Si](C)(C)c1cnc(-c2[c-]cccc2)cc1CC1CCCCC1.[Ir]. The summed E-state index contributed by atoms with van der Waals surface area (Å²) in [5, 5.41) is 3.76. The minimum absolute atomic E-state index is 0. The van der Waals surface area contributed by atoms with Crippen LogP contribution >= 0.6 is 0 Å². The number of nitrogens with zero attached hydrogens (tertiary/aromatic N) is 2. The Morgan fingerprint density at radius 2 is 1.50 bits per heavy atom. The van der Waals surface area contributed by atoms with E-state index in [0.29, 0.717) is 11.8 Å². The molecule has 1 aliphatic rings. The molecule has 0 N–H and O–H groups in total. The van der Waals surface area contributed by atoms with Gasteiger partial charge in [-0.3, -0.25) is 0 Å². The van der Waals surface area contributed by atoms with Gasteiger partial charge < -0.3 is 14.4 Å². The molecule has 1 unspecified atom stereocenters. The van der Waals surface area contributed by atoms with Crippen molar-refractivity contribution in [1.29, 1.82) is 0 Å². The zero-order valence-corrected chi connectivity index (χ0v) is 36.0. The van der Waals surface area contributed by atoms with E-state index in [4.69, 9.17) is 9.40 Å². The van der Waals surface area contributed by atoms with E-state index in [2.05, 4.69) is 143 Å². The smallest absolute Gasteiger partial charge is 0.128 e. The van der Waals surface area contributed by atoms with E-state index in [-0.39, 0.29) is 20.1 Å². The van der Waals surface area contributed by atoms with Gasteiger partial charge in [0.05, 0.1) is 13.7 Å². The van der Waals surface area contributed by atoms with Gasteiger partial charge in [0.25, 0.3) is 0 Å². The molecule has 0 amide bonds. The van der Waals surface area contributed by atoms with Gasteiger partial charge in [-0.25, -0.2) is 0 Å². The third-order valence-electron chi connectivity index (χ3n) is 11.1. The molecule has 1 aliphatic carbocycles. The fourth-order valence-corrected chi connectivity index (χ4v) is 9.38. The monoisotopic (exact) mass is 905 g/mol. The van der Waals surface area contributed by atoms with Gasteiger partial charge in [-0.1, -0.05) is 155 Å². The van der Waals surface area contributed by atoms with Crippen LogP contribution < -0.4 is 5.19 Å². The molecule has 54 heavy (non-hydrogen) atoms. The van der Waals surface area contributed by atoms with Crippen molar-refractivity contribution < 1.29 is 24.5 Å². The minimum atomic E-state index is -1.36. The Hall–Kier alpha value is -4.15. The number of hydrogen-bond donors (Lipinski definition) is 0. The molecule has 8 rings (SSSR count). The van der Waals surface area contributed by atoms with Gasteiger partial charge in [0.15, 0.2) is 0 Å². The number of furan rings is 1. The van der Waals surface area contributed by atoms with Crippen LogP contribution in [-0.2, 0) is 26.5 Å². The van der Waals surface area contributed by atoms with Crippen LogP contribution in [0.25, 0.3) is 55.6 Å². The van der Waals surface area contributed by atoms with Crippen LogP contribution in [0.5, 0.6) is 0 Å². The molecule has 3 nitrogen and oxygen atoms in total. The minimum Gasteiger partial charge on any atom is -0.500 e. The Balaban J connectivity index is 0.000000187. The predicted molar refractivity (Wildman–Crippen MR) is 226 cm³/mol. The first-order valence-electron chi connectivity index (χ1n) is 19.5. The summed E-state index contributed by atoms with van der Waals surface area (Å²) in [6.07, 6.45) is 12.4. The number of aromatic nitrogens is 2. The molecule has 0 spiro atoms. The molecule has 0 saturated heterocycles. The van der Waals surface area contributed by atoms with Crippen molar-refractivity contribution in [2.24, 2.45) is 11.8 Å². The number of benzene rings is 4. The molecule has 3 aromatic heterocycles. The molecule has 3 heterocycles. The van der Waals surface area contributed by atoms with Crippen molar-refractivity contribution in [2.45, 2.75) is 84.9 Å². The van der Waals surface area contributed by atoms with Crippen LogP contribution in [0.4, 0.5) is 0 Å². The maximum absolute atomic E-state index is 6.50. The van der Waals surface area contributed by atoms with Gasteiger partial charge >= 0.3 is 0 Å². The normalized spacial score (nSPS) is 14.1. The van der Waals surface area contributed by atoms with Gasteiger partial charge in [0, 0.05) is 43.4 Å². The first-order chi connectivity index (χ1) is 25.7. The molecule has 1 saturated carbocycles. The Morgan fingerprint density at radius 1 is 0.741 bits per heavy atom. The summed E-state index contributed by atoms with van der Waals surface area (Å²) < 4.78 is 6.50. The van der Waals surface area contributed by atoms with Crippen molar-refractivity contribution in [3.63, 3.8) is 0 Å². The van der Waals surface area contributed by atoms with Gasteiger partial charge in [0.2, 0.25) is 0 Å². The largest absolute Gasteiger partial charge is 0.500 e. The van der Waals surface area contributed by atoms with Gasteiger partial charge in [0.1, 0.15) is 5.58 Å². The summed E-state index contributed by atoms with van der Waals surface area (Å²) in [7, 11) is -1.36. The van der Waals surface area contributed by atoms with Crippen LogP contribution in [0.15, 0.2) is 120 Å². The Bertz CT molecular complexity index is 2290. The maximum Gasteiger partial charge on any atom is 0.128 e. The second kappa shape index (κ2) is 17.5. The molecule has 0 bridgehead atoms. The standard InChI is InChI=1S/C28H24NO.C21H28NSi.Ir/c1-18(2)19(3)21-15-16-29-26(17-21)25-14-8-13-24-23-12-7-11-22(27(23)30-28(24)25)20-9-5-4-6-10-20;1-23(2,3)21-16-22-20(18-12-8-5-9-13-18)15-19(21)14-17-10-6-4-7-11-17;/h4-13,15-19H,1-3H3;5,8-9,12,15-17H,4,6-7,10-11,14H2,1-3H3;/q2*-1;. The second-order valence-corrected chi connectivity index (χ2v) is 21.3. The quantitative estimate of drug-likeness (QED) is 0.113. The fourth-order valence-electron chi connectivity index (χ4n) is 7.79. The number of fused-ring (bicyclic) bond motifs is 3. The van der Waals surface area contributed by atoms with Crippen molar-refractivity contribution in [3.8, 4) is 33.6 Å². The zero-order valence-electron chi connectivity index (χ0n) is 32.6. The summed E-state index contributed by atoms with van der Waals surface area (Å²) in [6.45, 7) is 14.1. The average Bonchev–Trinajstić information content (AvgIpc) is 3.58. The van der Waals surface area contributed by atoms with Crippen molar-refractivity contribution >= 4 is 35.2 Å². The Morgan fingerprint density at radius 3 is 2.22 bits per heavy atom. The molecule has 279 valence electrons. The Labute approximate surface area is 337 Å². The van der Waals surface area contributed by atoms with E-state index in [1.807, 2.05) is 30.5 Å². The van der Waals surface area contributed by atoms with E-state index < -0.39 is 8.07 Å². The first-order valence-corrected chi connectivity index (χ1v) is 23.0. The maximum atomic E-state index is 6.50. The van der Waals surface area contributed by atoms with Crippen molar-refractivity contribution in [3.05, 3.63) is 139 Å². The summed E-state index contributed by atoms with van der Waals surface area (Å²) >= 11 is 0. The zero-order chi connectivity index (χ0) is 37.0. The van der Waals surface area contributed by atoms with E-state index in [0.717, 1.165) is 61.5 Å². The van der Waals surface area contributed by atoms with Crippen LogP contribution in [0.1, 0.15) is 69.9 Å². The van der Waals surface area contributed by atoms with Crippen molar-refractivity contribution in [2.75, 3.05) is 0 Å². The summed E-state index contributed by atoms with van der Waals surface area (Å²) in [5.41, 5.74) is 10.9. The second-order valence-electron chi connectivity index (χ2n) is 16.2. The molecule has 0 aliphatic heterocycles. The third kappa shape index (κ3) is 8.86. The van der Waals surface area contributed by atoms with E-state index in [1.165, 1.54) is 44.1 Å². The summed E-state index contributed by atoms with van der Waals surface area (Å²) in [4.78, 5) is 9.43. The first kappa shape index (κ1) is 39.5. The molecular weight excluding hydrogens is 853 g/mol. The van der Waals surface area contributed by atoms with Crippen LogP contribution in [0, 0.1) is 24.0 Å². The van der Waals surface area contributed by atoms with E-state index >= 15 is 0 Å². The van der Waals surface area contributed by atoms with Crippen molar-refractivity contribution in [1.82, 2.24) is 9.97 Å².